The minimum absolute atomic E-state index is 0.0289. The molecule has 0 radical (unpaired) electrons. The molecule has 3 aromatic rings. The topological polar surface area (TPSA) is 92.0 Å². The minimum Gasteiger partial charge on any atom is -0.497 e. The number of piperazine rings is 1. The highest BCUT2D eigenvalue weighted by Gasteiger charge is 2.22. The zero-order chi connectivity index (χ0) is 26.0. The number of amides is 2. The molecule has 9 heteroatoms. The number of benzene rings is 2. The van der Waals surface area contributed by atoms with E-state index < -0.39 is 0 Å². The van der Waals surface area contributed by atoms with Crippen LogP contribution in [0.4, 0.5) is 5.69 Å². The SMILES string of the molecule is CCN(C(=O)CCc1nc(CN2CCN(C(=O)CCc3ccc(OC)cc3)CC2)no1)c1ccccc1. The van der Waals surface area contributed by atoms with Gasteiger partial charge in [-0.25, -0.2) is 0 Å². The van der Waals surface area contributed by atoms with Crippen LogP contribution in [0, 0.1) is 0 Å². The molecule has 0 atom stereocenters. The first kappa shape index (κ1) is 26.3. The summed E-state index contributed by atoms with van der Waals surface area (Å²) >= 11 is 0. The number of carbonyl (C=O) groups is 2. The molecule has 0 N–H and O–H groups in total. The molecule has 9 nitrogen and oxygen atoms in total. The summed E-state index contributed by atoms with van der Waals surface area (Å²) in [4.78, 5) is 35.8. The van der Waals surface area contributed by atoms with Gasteiger partial charge in [0.15, 0.2) is 5.82 Å². The molecule has 37 heavy (non-hydrogen) atoms. The molecular formula is C28H35N5O4. The molecule has 0 aliphatic carbocycles. The van der Waals surface area contributed by atoms with E-state index in [1.165, 1.54) is 0 Å². The van der Waals surface area contributed by atoms with E-state index in [1.807, 2.05) is 66.4 Å². The van der Waals surface area contributed by atoms with E-state index in [1.54, 1.807) is 12.0 Å². The fraction of sp³-hybridized carbons (Fsp3) is 0.429. The number of aryl methyl sites for hydroxylation is 2. The first-order valence-corrected chi connectivity index (χ1v) is 12.9. The van der Waals surface area contributed by atoms with E-state index in [4.69, 9.17) is 9.26 Å². The van der Waals surface area contributed by atoms with Gasteiger partial charge in [0, 0.05) is 57.7 Å². The summed E-state index contributed by atoms with van der Waals surface area (Å²) in [5.41, 5.74) is 2.02. The molecule has 2 amide bonds. The molecule has 1 aromatic heterocycles. The monoisotopic (exact) mass is 505 g/mol. The van der Waals surface area contributed by atoms with Gasteiger partial charge in [-0.05, 0) is 43.2 Å². The first-order chi connectivity index (χ1) is 18.1. The highest BCUT2D eigenvalue weighted by atomic mass is 16.5. The number of hydrogen-bond acceptors (Lipinski definition) is 7. The molecule has 1 fully saturated rings. The van der Waals surface area contributed by atoms with E-state index in [2.05, 4.69) is 15.0 Å². The molecule has 0 unspecified atom stereocenters. The van der Waals surface area contributed by atoms with Crippen LogP contribution in [0.15, 0.2) is 59.1 Å². The third-order valence-electron chi connectivity index (χ3n) is 6.62. The lowest BCUT2D eigenvalue weighted by molar-refractivity contribution is -0.133. The van der Waals surface area contributed by atoms with E-state index in [-0.39, 0.29) is 11.8 Å². The number of nitrogens with zero attached hydrogens (tertiary/aromatic N) is 5. The van der Waals surface area contributed by atoms with Crippen LogP contribution in [0.5, 0.6) is 5.75 Å². The maximum absolute atomic E-state index is 12.7. The molecular weight excluding hydrogens is 470 g/mol. The second-order valence-electron chi connectivity index (χ2n) is 9.08. The van der Waals surface area contributed by atoms with Crippen LogP contribution in [0.25, 0.3) is 0 Å². The van der Waals surface area contributed by atoms with Gasteiger partial charge in [-0.2, -0.15) is 4.98 Å². The third-order valence-corrected chi connectivity index (χ3v) is 6.62. The number of para-hydroxylation sites is 1. The molecule has 2 aromatic carbocycles. The Morgan fingerprint density at radius 2 is 1.70 bits per heavy atom. The van der Waals surface area contributed by atoms with Crippen molar-refractivity contribution in [2.24, 2.45) is 0 Å². The Morgan fingerprint density at radius 1 is 0.973 bits per heavy atom. The van der Waals surface area contributed by atoms with Gasteiger partial charge < -0.3 is 19.1 Å². The lowest BCUT2D eigenvalue weighted by Crippen LogP contribution is -2.48. The summed E-state index contributed by atoms with van der Waals surface area (Å²) in [6.45, 7) is 6.03. The largest absolute Gasteiger partial charge is 0.497 e. The van der Waals surface area contributed by atoms with Gasteiger partial charge in [0.25, 0.3) is 0 Å². The van der Waals surface area contributed by atoms with Gasteiger partial charge in [-0.3, -0.25) is 14.5 Å². The van der Waals surface area contributed by atoms with Crippen molar-refractivity contribution in [3.8, 4) is 5.75 Å². The number of carbonyl (C=O) groups excluding carboxylic acids is 2. The highest BCUT2D eigenvalue weighted by molar-refractivity contribution is 5.93. The summed E-state index contributed by atoms with van der Waals surface area (Å²) < 4.78 is 10.6. The Kier molecular flexibility index (Phi) is 9.26. The lowest BCUT2D eigenvalue weighted by atomic mass is 10.1. The van der Waals surface area contributed by atoms with Crippen LogP contribution in [0.1, 0.15) is 37.0 Å². The normalized spacial score (nSPS) is 13.9. The van der Waals surface area contributed by atoms with Crippen LogP contribution in [0.2, 0.25) is 0 Å². The summed E-state index contributed by atoms with van der Waals surface area (Å²) in [5.74, 6) is 2.11. The number of hydrogen-bond donors (Lipinski definition) is 0. The van der Waals surface area contributed by atoms with Gasteiger partial charge >= 0.3 is 0 Å². The molecule has 0 saturated carbocycles. The molecule has 196 valence electrons. The van der Waals surface area contributed by atoms with Crippen molar-refractivity contribution >= 4 is 17.5 Å². The molecule has 1 saturated heterocycles. The maximum atomic E-state index is 12.7. The first-order valence-electron chi connectivity index (χ1n) is 12.9. The van der Waals surface area contributed by atoms with Crippen LogP contribution < -0.4 is 9.64 Å². The quantitative estimate of drug-likeness (QED) is 0.395. The number of methoxy groups -OCH3 is 1. The van der Waals surface area contributed by atoms with Crippen molar-refractivity contribution < 1.29 is 18.8 Å². The summed E-state index contributed by atoms with van der Waals surface area (Å²) in [6, 6.07) is 17.5. The molecule has 0 bridgehead atoms. The zero-order valence-electron chi connectivity index (χ0n) is 21.6. The van der Waals surface area contributed by atoms with Gasteiger partial charge in [0.1, 0.15) is 5.75 Å². The van der Waals surface area contributed by atoms with Crippen LogP contribution in [0.3, 0.4) is 0 Å². The average Bonchev–Trinajstić information content (AvgIpc) is 3.39. The second-order valence-corrected chi connectivity index (χ2v) is 9.08. The van der Waals surface area contributed by atoms with E-state index in [9.17, 15) is 9.59 Å². The molecule has 2 heterocycles. The van der Waals surface area contributed by atoms with E-state index >= 15 is 0 Å². The molecule has 0 spiro atoms. The van der Waals surface area contributed by atoms with E-state index in [0.29, 0.717) is 57.2 Å². The van der Waals surface area contributed by atoms with Crippen LogP contribution in [-0.2, 0) is 29.0 Å². The highest BCUT2D eigenvalue weighted by Crippen LogP contribution is 2.16. The summed E-state index contributed by atoms with van der Waals surface area (Å²) in [7, 11) is 1.64. The van der Waals surface area contributed by atoms with Crippen LogP contribution >= 0.6 is 0 Å². The van der Waals surface area contributed by atoms with Gasteiger partial charge in [0.2, 0.25) is 17.7 Å². The number of ether oxygens (including phenoxy) is 1. The summed E-state index contributed by atoms with van der Waals surface area (Å²) in [5, 5.41) is 4.10. The van der Waals surface area contributed by atoms with Crippen LogP contribution in [-0.4, -0.2) is 71.6 Å². The van der Waals surface area contributed by atoms with E-state index in [0.717, 1.165) is 36.5 Å². The standard InChI is InChI=1S/C28H35N5O4/c1-3-33(23-7-5-4-6-8-23)28(35)16-14-26-29-25(30-37-26)21-31-17-19-32(20-18-31)27(34)15-11-22-9-12-24(36-2)13-10-22/h4-10,12-13H,3,11,14-21H2,1-2H3. The average molecular weight is 506 g/mol. The third kappa shape index (κ3) is 7.39. The molecule has 4 rings (SSSR count). The van der Waals surface area contributed by atoms with Crippen molar-refractivity contribution in [3.05, 3.63) is 71.9 Å². The van der Waals surface area contributed by atoms with Crippen molar-refractivity contribution in [3.63, 3.8) is 0 Å². The Hall–Kier alpha value is -3.72. The predicted molar refractivity (Wildman–Crippen MR) is 140 cm³/mol. The summed E-state index contributed by atoms with van der Waals surface area (Å²) in [6.07, 6.45) is 1.94. The zero-order valence-corrected chi connectivity index (χ0v) is 21.6. The molecule has 1 aliphatic heterocycles. The fourth-order valence-electron chi connectivity index (χ4n) is 4.47. The Morgan fingerprint density at radius 3 is 2.38 bits per heavy atom. The number of rotatable bonds is 11. The maximum Gasteiger partial charge on any atom is 0.227 e. The van der Waals surface area contributed by atoms with Crippen molar-refractivity contribution in [1.82, 2.24) is 19.9 Å². The van der Waals surface area contributed by atoms with Gasteiger partial charge in [0.05, 0.1) is 13.7 Å². The Bertz CT molecular complexity index is 1140. The number of aromatic nitrogens is 2. The Balaban J connectivity index is 1.18. The van der Waals surface area contributed by atoms with Crippen molar-refractivity contribution in [2.45, 2.75) is 39.2 Å². The molecule has 1 aliphatic rings. The predicted octanol–water partition coefficient (Wildman–Crippen LogP) is 3.34. The fourth-order valence-corrected chi connectivity index (χ4v) is 4.47. The Labute approximate surface area is 218 Å². The smallest absolute Gasteiger partial charge is 0.227 e. The minimum atomic E-state index is 0.0289. The van der Waals surface area contributed by atoms with Crippen molar-refractivity contribution in [1.29, 1.82) is 0 Å². The second kappa shape index (κ2) is 13.0. The van der Waals surface area contributed by atoms with Gasteiger partial charge in [-0.1, -0.05) is 35.5 Å². The number of anilines is 1. The van der Waals surface area contributed by atoms with Gasteiger partial charge in [-0.15, -0.1) is 0 Å². The lowest BCUT2D eigenvalue weighted by Gasteiger charge is -2.34. The van der Waals surface area contributed by atoms with Crippen molar-refractivity contribution in [2.75, 3.05) is 44.7 Å².